The molecule has 0 heterocycles. The summed E-state index contributed by atoms with van der Waals surface area (Å²) in [6, 6.07) is 8.23. The van der Waals surface area contributed by atoms with E-state index < -0.39 is 0 Å². The van der Waals surface area contributed by atoms with Crippen molar-refractivity contribution in [3.8, 4) is 0 Å². The topological polar surface area (TPSA) is 38.0 Å². The Bertz CT molecular complexity index is 336. The minimum Gasteiger partial charge on any atom is -0.399 e. The minimum atomic E-state index is 0.183. The van der Waals surface area contributed by atoms with Gasteiger partial charge in [0.15, 0.2) is 0 Å². The third-order valence-corrected chi connectivity index (χ3v) is 3.39. The molecule has 2 rings (SSSR count). The maximum absolute atomic E-state index is 5.70. The number of rotatable bonds is 5. The van der Waals surface area contributed by atoms with Crippen molar-refractivity contribution in [3.63, 3.8) is 0 Å². The van der Waals surface area contributed by atoms with Gasteiger partial charge in [0.05, 0.1) is 0 Å². The summed E-state index contributed by atoms with van der Waals surface area (Å²) in [4.78, 5) is 0. The highest BCUT2D eigenvalue weighted by atomic mass is 14.9. The van der Waals surface area contributed by atoms with Crippen LogP contribution in [-0.4, -0.2) is 13.1 Å². The van der Waals surface area contributed by atoms with E-state index in [0.717, 1.165) is 18.2 Å². The van der Waals surface area contributed by atoms with Crippen LogP contribution in [-0.2, 0) is 5.41 Å². The Morgan fingerprint density at radius 3 is 2.44 bits per heavy atom. The second-order valence-electron chi connectivity index (χ2n) is 5.58. The van der Waals surface area contributed by atoms with E-state index in [4.69, 9.17) is 5.73 Å². The molecule has 0 spiro atoms. The number of nitrogens with one attached hydrogen (secondary N) is 1. The number of hydrogen-bond donors (Lipinski definition) is 2. The third-order valence-electron chi connectivity index (χ3n) is 3.39. The van der Waals surface area contributed by atoms with E-state index in [9.17, 15) is 0 Å². The van der Waals surface area contributed by atoms with Gasteiger partial charge in [-0.3, -0.25) is 0 Å². The fourth-order valence-corrected chi connectivity index (χ4v) is 1.95. The van der Waals surface area contributed by atoms with Crippen molar-refractivity contribution < 1.29 is 0 Å². The van der Waals surface area contributed by atoms with Crippen LogP contribution in [0.15, 0.2) is 24.3 Å². The van der Waals surface area contributed by atoms with Gasteiger partial charge in [0.2, 0.25) is 0 Å². The first-order valence-corrected chi connectivity index (χ1v) is 6.15. The molecule has 0 aromatic heterocycles. The standard InChI is InChI=1S/C14H22N2/c1-14(2,10-16-9-11-3-4-11)12-5-7-13(15)8-6-12/h5-8,11,16H,3-4,9-10,15H2,1-2H3. The summed E-state index contributed by atoms with van der Waals surface area (Å²) in [6.07, 6.45) is 2.82. The number of anilines is 1. The normalized spacial score (nSPS) is 16.4. The van der Waals surface area contributed by atoms with Gasteiger partial charge in [0.1, 0.15) is 0 Å². The van der Waals surface area contributed by atoms with Crippen LogP contribution in [0.1, 0.15) is 32.3 Å². The first kappa shape index (κ1) is 11.5. The van der Waals surface area contributed by atoms with Crippen molar-refractivity contribution in [3.05, 3.63) is 29.8 Å². The van der Waals surface area contributed by atoms with Gasteiger partial charge in [-0.05, 0) is 43.0 Å². The maximum Gasteiger partial charge on any atom is 0.0314 e. The SMILES string of the molecule is CC(C)(CNCC1CC1)c1ccc(N)cc1. The Labute approximate surface area is 98.2 Å². The molecule has 0 saturated heterocycles. The molecule has 1 aliphatic carbocycles. The molecule has 1 aromatic carbocycles. The molecule has 3 N–H and O–H groups in total. The third kappa shape index (κ3) is 2.99. The molecule has 1 aliphatic rings. The minimum absolute atomic E-state index is 0.183. The molecular formula is C14H22N2. The van der Waals surface area contributed by atoms with Crippen LogP contribution >= 0.6 is 0 Å². The fraction of sp³-hybridized carbons (Fsp3) is 0.571. The molecule has 2 heteroatoms. The highest BCUT2D eigenvalue weighted by molar-refractivity contribution is 5.41. The molecule has 0 aliphatic heterocycles. The summed E-state index contributed by atoms with van der Waals surface area (Å²) in [5, 5.41) is 3.57. The molecule has 2 nitrogen and oxygen atoms in total. The zero-order chi connectivity index (χ0) is 11.6. The van der Waals surface area contributed by atoms with Crippen molar-refractivity contribution in [1.82, 2.24) is 5.32 Å². The van der Waals surface area contributed by atoms with E-state index in [0.29, 0.717) is 0 Å². The predicted molar refractivity (Wildman–Crippen MR) is 69.5 cm³/mol. The Hall–Kier alpha value is -1.02. The lowest BCUT2D eigenvalue weighted by molar-refractivity contribution is 0.462. The summed E-state index contributed by atoms with van der Waals surface area (Å²) in [5.41, 5.74) is 8.08. The van der Waals surface area contributed by atoms with Crippen molar-refractivity contribution in [2.24, 2.45) is 5.92 Å². The van der Waals surface area contributed by atoms with Gasteiger partial charge in [-0.15, -0.1) is 0 Å². The van der Waals surface area contributed by atoms with Crippen molar-refractivity contribution >= 4 is 5.69 Å². The number of nitrogen functional groups attached to an aromatic ring is 1. The predicted octanol–water partition coefficient (Wildman–Crippen LogP) is 2.55. The Kier molecular flexibility index (Phi) is 3.20. The molecule has 0 amide bonds. The van der Waals surface area contributed by atoms with Crippen LogP contribution < -0.4 is 11.1 Å². The zero-order valence-corrected chi connectivity index (χ0v) is 10.3. The highest BCUT2D eigenvalue weighted by Crippen LogP contribution is 2.28. The van der Waals surface area contributed by atoms with Gasteiger partial charge in [-0.1, -0.05) is 26.0 Å². The van der Waals surface area contributed by atoms with Gasteiger partial charge >= 0.3 is 0 Å². The van der Waals surface area contributed by atoms with Crippen LogP contribution in [0.5, 0.6) is 0 Å². The average molecular weight is 218 g/mol. The number of hydrogen-bond acceptors (Lipinski definition) is 2. The maximum atomic E-state index is 5.70. The molecule has 1 fully saturated rings. The largest absolute Gasteiger partial charge is 0.399 e. The van der Waals surface area contributed by atoms with Crippen LogP contribution in [0, 0.1) is 5.92 Å². The lowest BCUT2D eigenvalue weighted by atomic mass is 9.84. The molecule has 88 valence electrons. The van der Waals surface area contributed by atoms with Gasteiger partial charge in [0, 0.05) is 17.6 Å². The first-order valence-electron chi connectivity index (χ1n) is 6.15. The molecule has 0 bridgehead atoms. The van der Waals surface area contributed by atoms with Gasteiger partial charge in [-0.2, -0.15) is 0 Å². The van der Waals surface area contributed by atoms with Gasteiger partial charge < -0.3 is 11.1 Å². The number of nitrogens with two attached hydrogens (primary N) is 1. The van der Waals surface area contributed by atoms with Crippen LogP contribution in [0.25, 0.3) is 0 Å². The van der Waals surface area contributed by atoms with E-state index in [2.05, 4.69) is 31.3 Å². The lowest BCUT2D eigenvalue weighted by Crippen LogP contribution is -2.34. The average Bonchev–Trinajstić information content (AvgIpc) is 3.02. The smallest absolute Gasteiger partial charge is 0.0314 e. The summed E-state index contributed by atoms with van der Waals surface area (Å²) < 4.78 is 0. The van der Waals surface area contributed by atoms with Crippen molar-refractivity contribution in [2.75, 3.05) is 18.8 Å². The quantitative estimate of drug-likeness (QED) is 0.745. The highest BCUT2D eigenvalue weighted by Gasteiger charge is 2.24. The van der Waals surface area contributed by atoms with E-state index in [-0.39, 0.29) is 5.41 Å². The second-order valence-corrected chi connectivity index (χ2v) is 5.58. The summed E-state index contributed by atoms with van der Waals surface area (Å²) >= 11 is 0. The molecule has 0 atom stereocenters. The monoisotopic (exact) mass is 218 g/mol. The Morgan fingerprint density at radius 2 is 1.88 bits per heavy atom. The molecule has 0 radical (unpaired) electrons. The van der Waals surface area contributed by atoms with Gasteiger partial charge in [0.25, 0.3) is 0 Å². The zero-order valence-electron chi connectivity index (χ0n) is 10.3. The summed E-state index contributed by atoms with van der Waals surface area (Å²) in [7, 11) is 0. The van der Waals surface area contributed by atoms with E-state index >= 15 is 0 Å². The van der Waals surface area contributed by atoms with Crippen molar-refractivity contribution in [1.29, 1.82) is 0 Å². The van der Waals surface area contributed by atoms with E-state index in [1.807, 2.05) is 12.1 Å². The summed E-state index contributed by atoms with van der Waals surface area (Å²) in [6.45, 7) is 6.77. The molecule has 1 aromatic rings. The lowest BCUT2D eigenvalue weighted by Gasteiger charge is -2.26. The Balaban J connectivity index is 1.91. The van der Waals surface area contributed by atoms with E-state index in [1.165, 1.54) is 24.9 Å². The number of benzene rings is 1. The first-order chi connectivity index (χ1) is 7.58. The fourth-order valence-electron chi connectivity index (χ4n) is 1.95. The Morgan fingerprint density at radius 1 is 1.25 bits per heavy atom. The van der Waals surface area contributed by atoms with Crippen LogP contribution in [0.3, 0.4) is 0 Å². The summed E-state index contributed by atoms with van der Waals surface area (Å²) in [5.74, 6) is 0.946. The molecule has 1 saturated carbocycles. The van der Waals surface area contributed by atoms with Crippen LogP contribution in [0.2, 0.25) is 0 Å². The van der Waals surface area contributed by atoms with Crippen molar-refractivity contribution in [2.45, 2.75) is 32.1 Å². The second kappa shape index (κ2) is 4.46. The molecule has 16 heavy (non-hydrogen) atoms. The van der Waals surface area contributed by atoms with E-state index in [1.54, 1.807) is 0 Å². The molecule has 0 unspecified atom stereocenters. The molecular weight excluding hydrogens is 196 g/mol. The van der Waals surface area contributed by atoms with Crippen LogP contribution in [0.4, 0.5) is 5.69 Å². The van der Waals surface area contributed by atoms with Gasteiger partial charge in [-0.25, -0.2) is 0 Å².